The fourth-order valence-corrected chi connectivity index (χ4v) is 4.42. The minimum Gasteiger partial charge on any atom is -0.250 e. The van der Waals surface area contributed by atoms with E-state index in [0.29, 0.717) is 10.7 Å². The van der Waals surface area contributed by atoms with Crippen LogP contribution in [0.4, 0.5) is 0 Å². The highest BCUT2D eigenvalue weighted by atomic mass is 79.9. The summed E-state index contributed by atoms with van der Waals surface area (Å²) >= 11 is 5.66. The van der Waals surface area contributed by atoms with Gasteiger partial charge in [0.2, 0.25) is 0 Å². The van der Waals surface area contributed by atoms with Crippen molar-refractivity contribution in [3.05, 3.63) is 52.5 Å². The summed E-state index contributed by atoms with van der Waals surface area (Å²) in [5.41, 5.74) is 1.51. The van der Waals surface area contributed by atoms with Gasteiger partial charge in [0.05, 0.1) is 5.01 Å². The van der Waals surface area contributed by atoms with Crippen LogP contribution in [0.2, 0.25) is 0 Å². The maximum atomic E-state index is 4.44. The van der Waals surface area contributed by atoms with Gasteiger partial charge in [0, 0.05) is 22.8 Å². The SMILES string of the molecule is BrC1CCC(c2ccccc2)CC1Cc1nccs1. The van der Waals surface area contributed by atoms with Gasteiger partial charge in [-0.2, -0.15) is 0 Å². The second-order valence-corrected chi connectivity index (χ2v) is 7.48. The lowest BCUT2D eigenvalue weighted by Gasteiger charge is -2.33. The topological polar surface area (TPSA) is 12.9 Å². The fraction of sp³-hybridized carbons (Fsp3) is 0.438. The van der Waals surface area contributed by atoms with Crippen molar-refractivity contribution in [3.8, 4) is 0 Å². The Morgan fingerprint density at radius 1 is 1.21 bits per heavy atom. The molecule has 0 saturated heterocycles. The van der Waals surface area contributed by atoms with E-state index in [1.807, 2.05) is 6.20 Å². The maximum absolute atomic E-state index is 4.44. The summed E-state index contributed by atoms with van der Waals surface area (Å²) in [6.07, 6.45) is 6.89. The van der Waals surface area contributed by atoms with E-state index in [1.165, 1.54) is 29.8 Å². The van der Waals surface area contributed by atoms with Crippen molar-refractivity contribution >= 4 is 27.3 Å². The number of thiazole rings is 1. The van der Waals surface area contributed by atoms with Crippen LogP contribution < -0.4 is 0 Å². The normalized spacial score (nSPS) is 27.3. The van der Waals surface area contributed by atoms with Crippen LogP contribution in [0.15, 0.2) is 41.9 Å². The summed E-state index contributed by atoms with van der Waals surface area (Å²) in [6.45, 7) is 0. The maximum Gasteiger partial charge on any atom is 0.0927 e. The third-order valence-corrected chi connectivity index (χ3v) is 6.09. The molecule has 2 aromatic rings. The van der Waals surface area contributed by atoms with Crippen LogP contribution in [0.3, 0.4) is 0 Å². The molecule has 0 amide bonds. The van der Waals surface area contributed by atoms with Gasteiger partial charge in [-0.25, -0.2) is 4.98 Å². The second-order valence-electron chi connectivity index (χ2n) is 5.33. The van der Waals surface area contributed by atoms with Crippen LogP contribution in [0.5, 0.6) is 0 Å². The molecule has 0 bridgehead atoms. The Bertz CT molecular complexity index is 497. The van der Waals surface area contributed by atoms with Gasteiger partial charge in [-0.3, -0.25) is 0 Å². The molecule has 1 aliphatic rings. The van der Waals surface area contributed by atoms with Crippen molar-refractivity contribution in [1.29, 1.82) is 0 Å². The Hall–Kier alpha value is -0.670. The smallest absolute Gasteiger partial charge is 0.0927 e. The Kier molecular flexibility index (Phi) is 4.34. The van der Waals surface area contributed by atoms with Gasteiger partial charge in [0.25, 0.3) is 0 Å². The number of benzene rings is 1. The molecule has 0 spiro atoms. The predicted octanol–water partition coefficient (Wildman–Crippen LogP) is 5.03. The van der Waals surface area contributed by atoms with Crippen molar-refractivity contribution < 1.29 is 0 Å². The summed E-state index contributed by atoms with van der Waals surface area (Å²) in [6, 6.07) is 11.0. The number of alkyl halides is 1. The van der Waals surface area contributed by atoms with E-state index < -0.39 is 0 Å². The highest BCUT2D eigenvalue weighted by Crippen LogP contribution is 2.40. The third kappa shape index (κ3) is 3.26. The highest BCUT2D eigenvalue weighted by Gasteiger charge is 2.30. The molecule has 1 aromatic heterocycles. The van der Waals surface area contributed by atoms with E-state index in [-0.39, 0.29) is 0 Å². The van der Waals surface area contributed by atoms with Gasteiger partial charge >= 0.3 is 0 Å². The summed E-state index contributed by atoms with van der Waals surface area (Å²) in [5, 5.41) is 3.36. The molecule has 3 unspecified atom stereocenters. The minimum absolute atomic E-state index is 0.649. The first-order chi connectivity index (χ1) is 9.33. The number of nitrogens with zero attached hydrogens (tertiary/aromatic N) is 1. The molecule has 1 aliphatic carbocycles. The molecule has 100 valence electrons. The number of rotatable bonds is 3. The molecule has 0 aliphatic heterocycles. The summed E-state index contributed by atoms with van der Waals surface area (Å²) in [7, 11) is 0. The Labute approximate surface area is 127 Å². The zero-order valence-electron chi connectivity index (χ0n) is 10.8. The molecule has 1 nitrogen and oxygen atoms in total. The fourth-order valence-electron chi connectivity index (χ4n) is 3.04. The molecule has 1 aromatic carbocycles. The average Bonchev–Trinajstić information content (AvgIpc) is 2.95. The Morgan fingerprint density at radius 2 is 2.05 bits per heavy atom. The standard InChI is InChI=1S/C16H18BrNS/c17-15-7-6-13(12-4-2-1-3-5-12)10-14(15)11-16-18-8-9-19-16/h1-5,8-9,13-15H,6-7,10-11H2. The van der Waals surface area contributed by atoms with Crippen molar-refractivity contribution in [3.63, 3.8) is 0 Å². The molecular weight excluding hydrogens is 318 g/mol. The van der Waals surface area contributed by atoms with E-state index in [9.17, 15) is 0 Å². The minimum atomic E-state index is 0.649. The summed E-state index contributed by atoms with van der Waals surface area (Å²) < 4.78 is 0. The van der Waals surface area contributed by atoms with E-state index in [0.717, 1.165) is 12.3 Å². The molecule has 0 N–H and O–H groups in total. The van der Waals surface area contributed by atoms with Crippen LogP contribution >= 0.6 is 27.3 Å². The van der Waals surface area contributed by atoms with Crippen molar-refractivity contribution in [2.75, 3.05) is 0 Å². The monoisotopic (exact) mass is 335 g/mol. The molecule has 19 heavy (non-hydrogen) atoms. The molecule has 1 fully saturated rings. The van der Waals surface area contributed by atoms with Crippen molar-refractivity contribution in [1.82, 2.24) is 4.98 Å². The van der Waals surface area contributed by atoms with Crippen molar-refractivity contribution in [2.45, 2.75) is 36.4 Å². The quantitative estimate of drug-likeness (QED) is 0.716. The lowest BCUT2D eigenvalue weighted by molar-refractivity contribution is 0.335. The lowest BCUT2D eigenvalue weighted by atomic mass is 9.77. The number of hydrogen-bond acceptors (Lipinski definition) is 2. The molecule has 1 heterocycles. The van der Waals surface area contributed by atoms with Gasteiger partial charge in [-0.15, -0.1) is 11.3 Å². The van der Waals surface area contributed by atoms with Gasteiger partial charge in [0.15, 0.2) is 0 Å². The molecule has 3 rings (SSSR count). The van der Waals surface area contributed by atoms with E-state index in [1.54, 1.807) is 11.3 Å². The largest absolute Gasteiger partial charge is 0.250 e. The zero-order chi connectivity index (χ0) is 13.1. The molecule has 3 heteroatoms. The van der Waals surface area contributed by atoms with Crippen LogP contribution in [0.1, 0.15) is 35.8 Å². The zero-order valence-corrected chi connectivity index (χ0v) is 13.2. The first-order valence-corrected chi connectivity index (χ1v) is 8.70. The van der Waals surface area contributed by atoms with Crippen molar-refractivity contribution in [2.24, 2.45) is 5.92 Å². The molecule has 3 atom stereocenters. The molecule has 0 radical (unpaired) electrons. The third-order valence-electron chi connectivity index (χ3n) is 4.08. The van der Waals surface area contributed by atoms with Crippen LogP contribution in [-0.2, 0) is 6.42 Å². The molecular formula is C16H18BrNS. The number of hydrogen-bond donors (Lipinski definition) is 0. The van der Waals surface area contributed by atoms with E-state index in [2.05, 4.69) is 56.6 Å². The summed E-state index contributed by atoms with van der Waals surface area (Å²) in [5.74, 6) is 1.44. The molecule has 1 saturated carbocycles. The average molecular weight is 336 g/mol. The lowest BCUT2D eigenvalue weighted by Crippen LogP contribution is -2.25. The number of aromatic nitrogens is 1. The first-order valence-electron chi connectivity index (χ1n) is 6.90. The van der Waals surface area contributed by atoms with Gasteiger partial charge in [-0.1, -0.05) is 46.3 Å². The number of halogens is 1. The first kappa shape index (κ1) is 13.3. The Morgan fingerprint density at radius 3 is 2.79 bits per heavy atom. The predicted molar refractivity (Wildman–Crippen MR) is 85.1 cm³/mol. The Balaban J connectivity index is 1.70. The van der Waals surface area contributed by atoms with Crippen LogP contribution in [0, 0.1) is 5.92 Å². The van der Waals surface area contributed by atoms with E-state index >= 15 is 0 Å². The van der Waals surface area contributed by atoms with E-state index in [4.69, 9.17) is 0 Å². The van der Waals surface area contributed by atoms with Gasteiger partial charge in [0.1, 0.15) is 0 Å². The summed E-state index contributed by atoms with van der Waals surface area (Å²) in [4.78, 5) is 5.09. The highest BCUT2D eigenvalue weighted by molar-refractivity contribution is 9.09. The van der Waals surface area contributed by atoms with Crippen LogP contribution in [-0.4, -0.2) is 9.81 Å². The van der Waals surface area contributed by atoms with Crippen LogP contribution in [0.25, 0.3) is 0 Å². The second kappa shape index (κ2) is 6.19. The van der Waals surface area contributed by atoms with Gasteiger partial charge in [-0.05, 0) is 36.7 Å². The van der Waals surface area contributed by atoms with Gasteiger partial charge < -0.3 is 0 Å².